The van der Waals surface area contributed by atoms with Crippen LogP contribution in [0.5, 0.6) is 0 Å². The number of hydrogen-bond donors (Lipinski definition) is 1. The minimum atomic E-state index is -4.19. The normalized spacial score (nSPS) is 19.7. The van der Waals surface area contributed by atoms with Crippen LogP contribution in [0.25, 0.3) is 0 Å². The van der Waals surface area contributed by atoms with Crippen molar-refractivity contribution in [3.8, 4) is 0 Å². The summed E-state index contributed by atoms with van der Waals surface area (Å²) in [5.74, 6) is -0.985. The Hall–Kier alpha value is -1.60. The number of carboxylic acids is 1. The molecule has 1 saturated heterocycles. The van der Waals surface area contributed by atoms with Crippen LogP contribution in [-0.2, 0) is 6.54 Å². The van der Waals surface area contributed by atoms with Gasteiger partial charge in [-0.2, -0.15) is 13.2 Å². The summed E-state index contributed by atoms with van der Waals surface area (Å²) in [5, 5.41) is 9.03. The molecule has 0 amide bonds. The van der Waals surface area contributed by atoms with Gasteiger partial charge >= 0.3 is 12.1 Å². The number of rotatable bonds is 4. The second kappa shape index (κ2) is 6.49. The van der Waals surface area contributed by atoms with Crippen molar-refractivity contribution in [2.45, 2.75) is 32.1 Å². The van der Waals surface area contributed by atoms with Crippen LogP contribution in [0.2, 0.25) is 0 Å². The molecule has 7 heteroatoms. The summed E-state index contributed by atoms with van der Waals surface area (Å²) in [6.45, 7) is 4.65. The van der Waals surface area contributed by atoms with Crippen LogP contribution in [0.3, 0.4) is 0 Å². The van der Waals surface area contributed by atoms with E-state index in [-0.39, 0.29) is 5.56 Å². The van der Waals surface area contributed by atoms with Crippen LogP contribution in [0.4, 0.5) is 13.2 Å². The van der Waals surface area contributed by atoms with Crippen molar-refractivity contribution in [2.24, 2.45) is 0 Å². The molecule has 0 aromatic heterocycles. The van der Waals surface area contributed by atoms with Crippen LogP contribution >= 0.6 is 0 Å². The van der Waals surface area contributed by atoms with Gasteiger partial charge in [0.1, 0.15) is 0 Å². The highest BCUT2D eigenvalue weighted by Gasteiger charge is 2.38. The van der Waals surface area contributed by atoms with Crippen LogP contribution in [0, 0.1) is 0 Å². The Morgan fingerprint density at radius 1 is 1.30 bits per heavy atom. The quantitative estimate of drug-likeness (QED) is 0.922. The first-order chi connectivity index (χ1) is 10.6. The number of nitrogens with zero attached hydrogens (tertiary/aromatic N) is 2. The fraction of sp³-hybridized carbons (Fsp3) is 0.562. The van der Waals surface area contributed by atoms with Gasteiger partial charge in [0.15, 0.2) is 0 Å². The summed E-state index contributed by atoms with van der Waals surface area (Å²) in [4.78, 5) is 14.5. The van der Waals surface area contributed by atoms with E-state index >= 15 is 0 Å². The van der Waals surface area contributed by atoms with E-state index in [0.29, 0.717) is 26.2 Å². The number of halogens is 3. The molecule has 1 fully saturated rings. The Labute approximate surface area is 133 Å². The molecular formula is C16H21F3N2O2. The molecule has 0 atom stereocenters. The van der Waals surface area contributed by atoms with Crippen molar-refractivity contribution < 1.29 is 23.1 Å². The van der Waals surface area contributed by atoms with Crippen molar-refractivity contribution >= 4 is 5.97 Å². The Morgan fingerprint density at radius 3 is 2.57 bits per heavy atom. The van der Waals surface area contributed by atoms with Gasteiger partial charge in [0.25, 0.3) is 0 Å². The molecule has 128 valence electrons. The van der Waals surface area contributed by atoms with E-state index in [1.807, 2.05) is 19.9 Å². The van der Waals surface area contributed by atoms with E-state index < -0.39 is 24.2 Å². The molecule has 0 bridgehead atoms. The average molecular weight is 330 g/mol. The van der Waals surface area contributed by atoms with Crippen molar-refractivity contribution in [1.29, 1.82) is 0 Å². The fourth-order valence-corrected chi connectivity index (χ4v) is 3.00. The summed E-state index contributed by atoms with van der Waals surface area (Å²) >= 11 is 0. The zero-order chi connectivity index (χ0) is 17.3. The topological polar surface area (TPSA) is 43.8 Å². The summed E-state index contributed by atoms with van der Waals surface area (Å²) in [7, 11) is 0. The molecule has 0 aliphatic carbocycles. The maximum atomic E-state index is 12.5. The van der Waals surface area contributed by atoms with Crippen molar-refractivity contribution in [1.82, 2.24) is 9.80 Å². The van der Waals surface area contributed by atoms with Gasteiger partial charge in [-0.15, -0.1) is 0 Å². The third kappa shape index (κ3) is 4.94. The Kier molecular flexibility index (Phi) is 5.01. The lowest BCUT2D eigenvalue weighted by Gasteiger charge is -2.47. The van der Waals surface area contributed by atoms with Gasteiger partial charge in [-0.1, -0.05) is 12.1 Å². The standard InChI is InChI=1S/C16H21F3N2O2/c1-15(2)10-20(11-16(17,18)19)6-7-21(15)9-12-4-3-5-13(8-12)14(22)23/h3-5,8H,6-7,9-11H2,1-2H3,(H,22,23). The molecule has 0 unspecified atom stereocenters. The Morgan fingerprint density at radius 2 is 2.00 bits per heavy atom. The molecule has 2 rings (SSSR count). The summed E-state index contributed by atoms with van der Waals surface area (Å²) in [5.41, 5.74) is 0.654. The lowest BCUT2D eigenvalue weighted by molar-refractivity contribution is -0.155. The Bertz CT molecular complexity index is 573. The highest BCUT2D eigenvalue weighted by Crippen LogP contribution is 2.26. The molecule has 0 radical (unpaired) electrons. The lowest BCUT2D eigenvalue weighted by atomic mass is 9.97. The smallest absolute Gasteiger partial charge is 0.401 e. The van der Waals surface area contributed by atoms with Crippen LogP contribution in [0.1, 0.15) is 29.8 Å². The maximum absolute atomic E-state index is 12.5. The first kappa shape index (κ1) is 17.7. The van der Waals surface area contributed by atoms with Crippen LogP contribution in [-0.4, -0.2) is 58.8 Å². The van der Waals surface area contributed by atoms with E-state index in [1.165, 1.54) is 11.0 Å². The van der Waals surface area contributed by atoms with Crippen LogP contribution in [0.15, 0.2) is 24.3 Å². The highest BCUT2D eigenvalue weighted by atomic mass is 19.4. The summed E-state index contributed by atoms with van der Waals surface area (Å²) < 4.78 is 37.6. The van der Waals surface area contributed by atoms with E-state index in [2.05, 4.69) is 4.90 Å². The largest absolute Gasteiger partial charge is 0.478 e. The molecule has 1 aromatic rings. The van der Waals surface area contributed by atoms with E-state index in [1.54, 1.807) is 12.1 Å². The van der Waals surface area contributed by atoms with Gasteiger partial charge in [-0.05, 0) is 31.5 Å². The number of benzene rings is 1. The molecule has 1 N–H and O–H groups in total. The third-order valence-corrected chi connectivity index (χ3v) is 4.10. The predicted octanol–water partition coefficient (Wildman–Crippen LogP) is 2.84. The van der Waals surface area contributed by atoms with Crippen molar-refractivity contribution in [3.05, 3.63) is 35.4 Å². The molecule has 1 aliphatic heterocycles. The number of carbonyl (C=O) groups is 1. The first-order valence-corrected chi connectivity index (χ1v) is 7.43. The van der Waals surface area contributed by atoms with Gasteiger partial charge in [0.2, 0.25) is 0 Å². The van der Waals surface area contributed by atoms with E-state index in [4.69, 9.17) is 5.11 Å². The minimum Gasteiger partial charge on any atom is -0.478 e. The second-order valence-electron chi connectivity index (χ2n) is 6.57. The van der Waals surface area contributed by atoms with Crippen LogP contribution < -0.4 is 0 Å². The van der Waals surface area contributed by atoms with Gasteiger partial charge in [-0.25, -0.2) is 4.79 Å². The summed E-state index contributed by atoms with van der Waals surface area (Å²) in [6.07, 6.45) is -4.19. The third-order valence-electron chi connectivity index (χ3n) is 4.10. The van der Waals surface area contributed by atoms with Gasteiger partial charge < -0.3 is 5.11 Å². The Balaban J connectivity index is 2.04. The number of aromatic carboxylic acids is 1. The number of piperazine rings is 1. The van der Waals surface area contributed by atoms with Crippen molar-refractivity contribution in [2.75, 3.05) is 26.2 Å². The second-order valence-corrected chi connectivity index (χ2v) is 6.57. The molecular weight excluding hydrogens is 309 g/mol. The molecule has 0 saturated carbocycles. The molecule has 4 nitrogen and oxygen atoms in total. The number of hydrogen-bond acceptors (Lipinski definition) is 3. The first-order valence-electron chi connectivity index (χ1n) is 7.43. The van der Waals surface area contributed by atoms with E-state index in [9.17, 15) is 18.0 Å². The van der Waals surface area contributed by atoms with Gasteiger partial charge in [-0.3, -0.25) is 9.80 Å². The van der Waals surface area contributed by atoms with Crippen molar-refractivity contribution in [3.63, 3.8) is 0 Å². The molecule has 1 aliphatic rings. The number of alkyl halides is 3. The predicted molar refractivity (Wildman–Crippen MR) is 80.4 cm³/mol. The van der Waals surface area contributed by atoms with Gasteiger partial charge in [0.05, 0.1) is 12.1 Å². The molecule has 1 aromatic carbocycles. The molecule has 1 heterocycles. The minimum absolute atomic E-state index is 0.219. The molecule has 23 heavy (non-hydrogen) atoms. The number of carboxylic acid groups (broad SMARTS) is 1. The molecule has 0 spiro atoms. The zero-order valence-electron chi connectivity index (χ0n) is 13.2. The SMILES string of the molecule is CC1(C)CN(CC(F)(F)F)CCN1Cc1cccc(C(=O)O)c1. The average Bonchev–Trinajstić information content (AvgIpc) is 2.40. The lowest BCUT2D eigenvalue weighted by Crippen LogP contribution is -2.59. The highest BCUT2D eigenvalue weighted by molar-refractivity contribution is 5.87. The summed E-state index contributed by atoms with van der Waals surface area (Å²) in [6, 6.07) is 6.66. The maximum Gasteiger partial charge on any atom is 0.401 e. The monoisotopic (exact) mass is 330 g/mol. The fourth-order valence-electron chi connectivity index (χ4n) is 3.00. The van der Waals surface area contributed by atoms with Gasteiger partial charge in [0, 0.05) is 31.7 Å². The van der Waals surface area contributed by atoms with E-state index in [0.717, 1.165) is 5.56 Å². The zero-order valence-corrected chi connectivity index (χ0v) is 13.2.